The lowest BCUT2D eigenvalue weighted by Gasteiger charge is -2.26. The highest BCUT2D eigenvalue weighted by Crippen LogP contribution is 2.46. The Balaban J connectivity index is 1.44. The van der Waals surface area contributed by atoms with Crippen LogP contribution < -0.4 is 4.74 Å². The van der Waals surface area contributed by atoms with Gasteiger partial charge in [0.15, 0.2) is 11.9 Å². The number of nitrogens with zero attached hydrogens (tertiary/aromatic N) is 2. The summed E-state index contributed by atoms with van der Waals surface area (Å²) in [5.41, 5.74) is 1.10. The number of thiazole rings is 1. The van der Waals surface area contributed by atoms with E-state index in [1.165, 1.54) is 42.7 Å². The second-order valence-corrected chi connectivity index (χ2v) is 11.0. The maximum atomic E-state index is 13.3. The maximum Gasteiger partial charge on any atom is 0.418 e. The summed E-state index contributed by atoms with van der Waals surface area (Å²) in [5.74, 6) is 2.91. The molecular weight excluding hydrogens is 485 g/mol. The van der Waals surface area contributed by atoms with Crippen molar-refractivity contribution in [1.29, 1.82) is 0 Å². The number of fused-ring (bicyclic) bond motifs is 4. The molecular formula is C28H31F3N2O2S. The van der Waals surface area contributed by atoms with Gasteiger partial charge < -0.3 is 9.84 Å². The van der Waals surface area contributed by atoms with Crippen molar-refractivity contribution < 1.29 is 23.0 Å². The van der Waals surface area contributed by atoms with Crippen LogP contribution in [-0.4, -0.2) is 28.6 Å². The monoisotopic (exact) mass is 516 g/mol. The van der Waals surface area contributed by atoms with Crippen LogP contribution >= 0.6 is 11.3 Å². The molecule has 192 valence electrons. The average Bonchev–Trinajstić information content (AvgIpc) is 3.35. The van der Waals surface area contributed by atoms with E-state index in [0.29, 0.717) is 33.9 Å². The Bertz CT molecular complexity index is 1160. The fourth-order valence-corrected chi connectivity index (χ4v) is 6.56. The van der Waals surface area contributed by atoms with Gasteiger partial charge in [-0.05, 0) is 79.5 Å². The second kappa shape index (κ2) is 10.5. The fraction of sp³-hybridized carbons (Fsp3) is 0.500. The first-order valence-electron chi connectivity index (χ1n) is 12.7. The highest BCUT2D eigenvalue weighted by molar-refractivity contribution is 7.13. The van der Waals surface area contributed by atoms with Gasteiger partial charge in [-0.2, -0.15) is 13.2 Å². The summed E-state index contributed by atoms with van der Waals surface area (Å²) in [6, 6.07) is 2.57. The molecule has 0 amide bonds. The maximum absolute atomic E-state index is 13.3. The molecule has 2 aromatic rings. The zero-order valence-corrected chi connectivity index (χ0v) is 21.1. The van der Waals surface area contributed by atoms with E-state index in [-0.39, 0.29) is 17.9 Å². The van der Waals surface area contributed by atoms with Crippen LogP contribution in [0.5, 0.6) is 5.75 Å². The third-order valence-corrected chi connectivity index (χ3v) is 8.50. The van der Waals surface area contributed by atoms with Gasteiger partial charge in [-0.1, -0.05) is 31.6 Å². The Morgan fingerprint density at radius 1 is 1.25 bits per heavy atom. The van der Waals surface area contributed by atoms with Gasteiger partial charge in [0.1, 0.15) is 17.3 Å². The van der Waals surface area contributed by atoms with Crippen molar-refractivity contribution in [3.8, 4) is 16.3 Å². The molecule has 2 bridgehead atoms. The van der Waals surface area contributed by atoms with E-state index in [1.54, 1.807) is 11.6 Å². The molecule has 1 aromatic heterocycles. The number of benzene rings is 1. The minimum Gasteiger partial charge on any atom is -0.484 e. The Kier molecular flexibility index (Phi) is 7.35. The third-order valence-electron chi connectivity index (χ3n) is 7.69. The lowest BCUT2D eigenvalue weighted by Crippen LogP contribution is -2.21. The third kappa shape index (κ3) is 5.44. The van der Waals surface area contributed by atoms with Crippen LogP contribution in [0, 0.1) is 23.7 Å². The summed E-state index contributed by atoms with van der Waals surface area (Å²) in [7, 11) is 0. The molecule has 0 radical (unpaired) electrons. The number of rotatable bonds is 5. The number of ether oxygens (including phenoxy) is 1. The van der Waals surface area contributed by atoms with Crippen molar-refractivity contribution in [3.63, 3.8) is 0 Å². The minimum absolute atomic E-state index is 0.236. The van der Waals surface area contributed by atoms with Crippen LogP contribution in [0.25, 0.3) is 10.6 Å². The standard InChI is InChI=1S/C28H31F3N2O2S/c1-2-19-12-17-5-3-4-6-20(19)13-18(11-17)7-8-22-16-35-25-23(27-32-9-10-36-27)14-21(15-24(25)33-22)26(34)28(29,30)31/h3,5,7-10,14-15,17-20,26,34H,2,4,6,11-13,16H2,1H3/b5-3+,8-7+. The van der Waals surface area contributed by atoms with Crippen LogP contribution in [0.4, 0.5) is 18.9 Å². The average molecular weight is 517 g/mol. The fourth-order valence-electron chi connectivity index (χ4n) is 5.91. The van der Waals surface area contributed by atoms with E-state index >= 15 is 0 Å². The van der Waals surface area contributed by atoms with Gasteiger partial charge in [0.25, 0.3) is 0 Å². The lowest BCUT2D eigenvalue weighted by molar-refractivity contribution is -0.206. The molecule has 2 heterocycles. The Morgan fingerprint density at radius 2 is 2.11 bits per heavy atom. The van der Waals surface area contributed by atoms with E-state index in [0.717, 1.165) is 31.1 Å². The van der Waals surface area contributed by atoms with Gasteiger partial charge >= 0.3 is 6.18 Å². The van der Waals surface area contributed by atoms with Crippen LogP contribution in [0.1, 0.15) is 57.1 Å². The van der Waals surface area contributed by atoms with Gasteiger partial charge in [-0.25, -0.2) is 9.98 Å². The predicted molar refractivity (Wildman–Crippen MR) is 137 cm³/mol. The molecule has 36 heavy (non-hydrogen) atoms. The number of aliphatic hydroxyl groups excluding tert-OH is 1. The second-order valence-electron chi connectivity index (χ2n) is 10.1. The van der Waals surface area contributed by atoms with Gasteiger partial charge in [-0.15, -0.1) is 11.3 Å². The van der Waals surface area contributed by atoms with E-state index in [2.05, 4.69) is 35.1 Å². The molecule has 5 rings (SSSR count). The Hall–Kier alpha value is -2.45. The van der Waals surface area contributed by atoms with Gasteiger partial charge in [0.2, 0.25) is 0 Å². The van der Waals surface area contributed by atoms with Crippen molar-refractivity contribution in [3.05, 3.63) is 53.6 Å². The molecule has 0 spiro atoms. The molecule has 1 aliphatic heterocycles. The smallest absolute Gasteiger partial charge is 0.418 e. The normalized spacial score (nSPS) is 28.0. The summed E-state index contributed by atoms with van der Waals surface area (Å²) in [4.78, 5) is 8.90. The zero-order valence-electron chi connectivity index (χ0n) is 20.2. The Labute approximate surface area is 213 Å². The summed E-state index contributed by atoms with van der Waals surface area (Å²) in [6.45, 7) is 2.53. The molecule has 1 N–H and O–H groups in total. The van der Waals surface area contributed by atoms with E-state index in [9.17, 15) is 18.3 Å². The highest BCUT2D eigenvalue weighted by Gasteiger charge is 2.40. The van der Waals surface area contributed by atoms with Crippen molar-refractivity contribution in [1.82, 2.24) is 4.98 Å². The number of hydrogen-bond acceptors (Lipinski definition) is 5. The number of halogens is 3. The van der Waals surface area contributed by atoms with Gasteiger partial charge in [0.05, 0.1) is 11.3 Å². The highest BCUT2D eigenvalue weighted by atomic mass is 32.1. The number of allylic oxidation sites excluding steroid dienone is 3. The van der Waals surface area contributed by atoms with E-state index in [1.807, 2.05) is 6.08 Å². The topological polar surface area (TPSA) is 54.7 Å². The first kappa shape index (κ1) is 25.2. The number of alkyl halides is 3. The number of aliphatic hydroxyl groups is 1. The number of aliphatic imine (C=N–C) groups is 1. The van der Waals surface area contributed by atoms with Crippen molar-refractivity contribution in [2.45, 2.75) is 57.7 Å². The van der Waals surface area contributed by atoms with Crippen molar-refractivity contribution in [2.24, 2.45) is 28.7 Å². The molecule has 1 aromatic carbocycles. The summed E-state index contributed by atoms with van der Waals surface area (Å²) < 4.78 is 45.9. The molecule has 1 fully saturated rings. The van der Waals surface area contributed by atoms with Gasteiger partial charge in [-0.3, -0.25) is 0 Å². The molecule has 5 unspecified atom stereocenters. The first-order valence-corrected chi connectivity index (χ1v) is 13.6. The molecule has 3 aliphatic rings. The van der Waals surface area contributed by atoms with Crippen LogP contribution in [0.3, 0.4) is 0 Å². The number of aromatic nitrogens is 1. The van der Waals surface area contributed by atoms with Gasteiger partial charge in [0, 0.05) is 11.6 Å². The van der Waals surface area contributed by atoms with E-state index in [4.69, 9.17) is 4.74 Å². The molecule has 0 saturated heterocycles. The number of hydrogen-bond donors (Lipinski definition) is 1. The van der Waals surface area contributed by atoms with E-state index < -0.39 is 12.3 Å². The quantitative estimate of drug-likeness (QED) is 0.412. The van der Waals surface area contributed by atoms with Crippen LogP contribution in [0.15, 0.2) is 53.0 Å². The summed E-state index contributed by atoms with van der Waals surface area (Å²) in [5, 5.41) is 12.2. The lowest BCUT2D eigenvalue weighted by atomic mass is 9.79. The minimum atomic E-state index is -4.78. The molecule has 5 atom stereocenters. The molecule has 4 nitrogen and oxygen atoms in total. The van der Waals surface area contributed by atoms with Crippen LogP contribution in [-0.2, 0) is 0 Å². The zero-order chi connectivity index (χ0) is 25.3. The first-order chi connectivity index (χ1) is 17.3. The van der Waals surface area contributed by atoms with Crippen LogP contribution in [0.2, 0.25) is 0 Å². The predicted octanol–water partition coefficient (Wildman–Crippen LogP) is 7.84. The Morgan fingerprint density at radius 3 is 2.86 bits per heavy atom. The molecule has 2 aliphatic carbocycles. The molecule has 8 heteroatoms. The SMILES string of the molecule is CCC1CC2/C=C/CCC1CC(/C=C/C1=Nc3cc(C(O)C(F)(F)F)cc(-c4nccs4)c3OC1)C2. The summed E-state index contributed by atoms with van der Waals surface area (Å²) >= 11 is 1.30. The molecule has 1 saturated carbocycles. The van der Waals surface area contributed by atoms with Crippen molar-refractivity contribution in [2.75, 3.05) is 6.61 Å². The largest absolute Gasteiger partial charge is 0.484 e. The summed E-state index contributed by atoms with van der Waals surface area (Å²) in [6.07, 6.45) is 10.3. The van der Waals surface area contributed by atoms with Crippen molar-refractivity contribution >= 4 is 22.7 Å².